The van der Waals surface area contributed by atoms with Crippen molar-refractivity contribution in [1.29, 1.82) is 0 Å². The van der Waals surface area contributed by atoms with Crippen molar-refractivity contribution in [2.75, 3.05) is 13.1 Å². The molecular weight excluding hydrogens is 506 g/mol. The van der Waals surface area contributed by atoms with Crippen molar-refractivity contribution >= 4 is 17.7 Å². The molecule has 2 aromatic carbocycles. The molecule has 0 radical (unpaired) electrons. The highest BCUT2D eigenvalue weighted by Crippen LogP contribution is 2.31. The number of nitrogens with zero attached hydrogens (tertiary/aromatic N) is 3. The summed E-state index contributed by atoms with van der Waals surface area (Å²) in [5.41, 5.74) is 3.67. The second kappa shape index (κ2) is 11.6. The number of carbonyl (C=O) groups excluding carboxylic acids is 3. The van der Waals surface area contributed by atoms with Crippen molar-refractivity contribution in [2.24, 2.45) is 0 Å². The largest absolute Gasteiger partial charge is 0.487 e. The van der Waals surface area contributed by atoms with E-state index in [4.69, 9.17) is 4.74 Å². The molecule has 0 spiro atoms. The lowest BCUT2D eigenvalue weighted by Gasteiger charge is -2.39. The smallest absolute Gasteiger partial charge is 0.255 e. The molecule has 2 N–H and O–H groups in total. The van der Waals surface area contributed by atoms with Crippen LogP contribution in [0.25, 0.3) is 0 Å². The lowest BCUT2D eigenvalue weighted by atomic mass is 10.00. The van der Waals surface area contributed by atoms with Gasteiger partial charge in [-0.3, -0.25) is 29.6 Å². The number of pyridine rings is 1. The molecule has 2 saturated heterocycles. The average Bonchev–Trinajstić information content (AvgIpc) is 3.29. The molecule has 0 saturated carbocycles. The molecule has 3 aliphatic rings. The molecular formula is C31H33N5O4. The molecule has 3 aliphatic heterocycles. The zero-order valence-electron chi connectivity index (χ0n) is 22.3. The fourth-order valence-electron chi connectivity index (χ4n) is 5.86. The Hall–Kier alpha value is -4.08. The number of carbonyl (C=O) groups is 3. The first-order valence-electron chi connectivity index (χ1n) is 13.9. The van der Waals surface area contributed by atoms with Crippen LogP contribution in [-0.2, 0) is 29.2 Å². The molecule has 3 aromatic rings. The van der Waals surface area contributed by atoms with Crippen LogP contribution in [0, 0.1) is 0 Å². The minimum atomic E-state index is -0.632. The summed E-state index contributed by atoms with van der Waals surface area (Å²) in [6, 6.07) is 21.4. The molecule has 9 nitrogen and oxygen atoms in total. The number of imide groups is 1. The molecule has 3 amide bonds. The molecule has 3 atom stereocenters. The summed E-state index contributed by atoms with van der Waals surface area (Å²) in [7, 11) is 0. The molecule has 2 fully saturated rings. The maximum atomic E-state index is 13.1. The van der Waals surface area contributed by atoms with Gasteiger partial charge in [0.25, 0.3) is 5.91 Å². The molecule has 40 heavy (non-hydrogen) atoms. The zero-order chi connectivity index (χ0) is 27.5. The van der Waals surface area contributed by atoms with E-state index < -0.39 is 11.9 Å². The Morgan fingerprint density at radius 3 is 2.65 bits per heavy atom. The van der Waals surface area contributed by atoms with Gasteiger partial charge in [0.15, 0.2) is 0 Å². The van der Waals surface area contributed by atoms with Crippen molar-refractivity contribution < 1.29 is 19.1 Å². The van der Waals surface area contributed by atoms with E-state index in [0.717, 1.165) is 37.3 Å². The van der Waals surface area contributed by atoms with E-state index in [9.17, 15) is 14.4 Å². The predicted octanol–water partition coefficient (Wildman–Crippen LogP) is 2.65. The summed E-state index contributed by atoms with van der Waals surface area (Å²) in [5.74, 6) is -0.178. The van der Waals surface area contributed by atoms with E-state index in [2.05, 4.69) is 44.8 Å². The summed E-state index contributed by atoms with van der Waals surface area (Å²) in [6.07, 6.45) is 3.20. The summed E-state index contributed by atoms with van der Waals surface area (Å²) in [6.45, 7) is 3.54. The number of benzene rings is 2. The Morgan fingerprint density at radius 1 is 1.00 bits per heavy atom. The van der Waals surface area contributed by atoms with Crippen LogP contribution in [0.5, 0.6) is 5.75 Å². The standard InChI is InChI=1S/C31H33N5O4/c37-29-12-11-27(30(38)34-29)36-19-22-16-24(9-10-25(22)31(36)39)40-28-20-35(18-21-6-2-1-3-7-21)15-13-26(28)33-17-23-8-4-5-14-32-23/h1-10,14,16,26-28,33H,11-13,15,17-20H2,(H,34,37,38)/t26-,27?,28-/m0/s1. The molecule has 0 aliphatic carbocycles. The second-order valence-electron chi connectivity index (χ2n) is 10.7. The number of ether oxygens (including phenoxy) is 1. The number of fused-ring (bicyclic) bond motifs is 1. The summed E-state index contributed by atoms with van der Waals surface area (Å²) < 4.78 is 6.62. The van der Waals surface area contributed by atoms with E-state index in [-0.39, 0.29) is 30.4 Å². The van der Waals surface area contributed by atoms with Crippen molar-refractivity contribution in [3.05, 3.63) is 95.3 Å². The van der Waals surface area contributed by atoms with Gasteiger partial charge in [-0.15, -0.1) is 0 Å². The maximum absolute atomic E-state index is 13.1. The Bertz CT molecular complexity index is 1380. The third-order valence-electron chi connectivity index (χ3n) is 7.95. The number of piperidine rings is 2. The van der Waals surface area contributed by atoms with Crippen LogP contribution in [0.4, 0.5) is 0 Å². The van der Waals surface area contributed by atoms with Gasteiger partial charge in [-0.1, -0.05) is 36.4 Å². The van der Waals surface area contributed by atoms with Gasteiger partial charge >= 0.3 is 0 Å². The van der Waals surface area contributed by atoms with Gasteiger partial charge in [-0.25, -0.2) is 0 Å². The minimum Gasteiger partial charge on any atom is -0.487 e. The van der Waals surface area contributed by atoms with Crippen molar-refractivity contribution in [2.45, 2.75) is 57.1 Å². The Kier molecular flexibility index (Phi) is 7.57. The first kappa shape index (κ1) is 26.2. The number of hydrogen-bond acceptors (Lipinski definition) is 7. The van der Waals surface area contributed by atoms with Crippen LogP contribution < -0.4 is 15.4 Å². The van der Waals surface area contributed by atoms with E-state index in [1.807, 2.05) is 36.4 Å². The zero-order valence-corrected chi connectivity index (χ0v) is 22.3. The van der Waals surface area contributed by atoms with E-state index in [1.54, 1.807) is 17.2 Å². The lowest BCUT2D eigenvalue weighted by molar-refractivity contribution is -0.136. The predicted molar refractivity (Wildman–Crippen MR) is 148 cm³/mol. The average molecular weight is 540 g/mol. The monoisotopic (exact) mass is 539 g/mol. The second-order valence-corrected chi connectivity index (χ2v) is 10.7. The third kappa shape index (κ3) is 5.76. The quantitative estimate of drug-likeness (QED) is 0.424. The van der Waals surface area contributed by atoms with Gasteiger partial charge < -0.3 is 15.0 Å². The Morgan fingerprint density at radius 2 is 1.85 bits per heavy atom. The van der Waals surface area contributed by atoms with Crippen LogP contribution >= 0.6 is 0 Å². The molecule has 206 valence electrons. The number of rotatable bonds is 8. The van der Waals surface area contributed by atoms with Crippen molar-refractivity contribution in [1.82, 2.24) is 25.4 Å². The fourth-order valence-corrected chi connectivity index (χ4v) is 5.86. The highest BCUT2D eigenvalue weighted by molar-refractivity contribution is 6.05. The molecule has 4 heterocycles. The van der Waals surface area contributed by atoms with Crippen molar-refractivity contribution in [3.63, 3.8) is 0 Å². The van der Waals surface area contributed by atoms with Gasteiger partial charge in [-0.05, 0) is 54.3 Å². The summed E-state index contributed by atoms with van der Waals surface area (Å²) in [5, 5.41) is 6.02. The van der Waals surface area contributed by atoms with Crippen molar-refractivity contribution in [3.8, 4) is 5.75 Å². The van der Waals surface area contributed by atoms with Gasteiger partial charge in [0.05, 0.1) is 5.69 Å². The molecule has 6 rings (SSSR count). The van der Waals surface area contributed by atoms with Crippen LogP contribution in [-0.4, -0.2) is 63.8 Å². The molecule has 9 heteroatoms. The highest BCUT2D eigenvalue weighted by atomic mass is 16.5. The minimum absolute atomic E-state index is 0.109. The van der Waals surface area contributed by atoms with Gasteiger partial charge in [-0.2, -0.15) is 0 Å². The number of likely N-dealkylation sites (tertiary alicyclic amines) is 1. The van der Waals surface area contributed by atoms with Gasteiger partial charge in [0.2, 0.25) is 11.8 Å². The summed E-state index contributed by atoms with van der Waals surface area (Å²) in [4.78, 5) is 45.5. The van der Waals surface area contributed by atoms with E-state index in [1.165, 1.54) is 5.56 Å². The molecule has 1 aromatic heterocycles. The highest BCUT2D eigenvalue weighted by Gasteiger charge is 2.39. The number of nitrogens with one attached hydrogen (secondary N) is 2. The Balaban J connectivity index is 1.17. The lowest BCUT2D eigenvalue weighted by Crippen LogP contribution is -2.54. The SMILES string of the molecule is O=C1CCC(N2Cc3cc(O[C@H]4CN(Cc5ccccc5)CC[C@@H]4NCc4ccccn4)ccc3C2=O)C(=O)N1. The van der Waals surface area contributed by atoms with Crippen LogP contribution in [0.15, 0.2) is 72.9 Å². The van der Waals surface area contributed by atoms with Crippen LogP contribution in [0.3, 0.4) is 0 Å². The van der Waals surface area contributed by atoms with Crippen LogP contribution in [0.1, 0.15) is 46.4 Å². The third-order valence-corrected chi connectivity index (χ3v) is 7.95. The van der Waals surface area contributed by atoms with Gasteiger partial charge in [0.1, 0.15) is 17.9 Å². The number of aromatic nitrogens is 1. The fraction of sp³-hybridized carbons (Fsp3) is 0.355. The first-order valence-corrected chi connectivity index (χ1v) is 13.9. The Labute approximate surface area is 233 Å². The summed E-state index contributed by atoms with van der Waals surface area (Å²) >= 11 is 0. The molecule has 1 unspecified atom stereocenters. The van der Waals surface area contributed by atoms with E-state index >= 15 is 0 Å². The number of hydrogen-bond donors (Lipinski definition) is 2. The van der Waals surface area contributed by atoms with E-state index in [0.29, 0.717) is 30.8 Å². The van der Waals surface area contributed by atoms with Crippen LogP contribution in [0.2, 0.25) is 0 Å². The topological polar surface area (TPSA) is 104 Å². The first-order chi connectivity index (χ1) is 19.5. The number of amides is 3. The maximum Gasteiger partial charge on any atom is 0.255 e. The van der Waals surface area contributed by atoms with Gasteiger partial charge in [0, 0.05) is 56.9 Å². The normalized spacial score (nSPS) is 23.1. The molecule has 0 bridgehead atoms.